The average molecular weight is 370 g/mol. The van der Waals surface area contributed by atoms with Crippen molar-refractivity contribution in [1.82, 2.24) is 9.97 Å². The highest BCUT2D eigenvalue weighted by atomic mass is 16.5. The number of para-hydroxylation sites is 1. The van der Waals surface area contributed by atoms with E-state index in [4.69, 9.17) is 4.74 Å². The summed E-state index contributed by atoms with van der Waals surface area (Å²) in [5, 5.41) is 12.1. The fourth-order valence-electron chi connectivity index (χ4n) is 2.54. The topological polar surface area (TPSA) is 87.9 Å². The van der Waals surface area contributed by atoms with Gasteiger partial charge in [-0.3, -0.25) is 15.3 Å². The van der Waals surface area contributed by atoms with Crippen molar-refractivity contribution < 1.29 is 9.53 Å². The number of anilines is 1. The number of allylic oxidation sites excluding steroid dienone is 1. The van der Waals surface area contributed by atoms with E-state index in [0.29, 0.717) is 23.4 Å². The van der Waals surface area contributed by atoms with Crippen LogP contribution >= 0.6 is 0 Å². The Kier molecular flexibility index (Phi) is 6.48. The molecule has 6 heteroatoms. The number of amides is 1. The fourth-order valence-corrected chi connectivity index (χ4v) is 2.54. The highest BCUT2D eigenvalue weighted by Crippen LogP contribution is 2.16. The number of rotatable bonds is 6. The lowest BCUT2D eigenvalue weighted by Gasteiger charge is -2.07. The van der Waals surface area contributed by atoms with Gasteiger partial charge in [0.15, 0.2) is 0 Å². The molecule has 0 saturated carbocycles. The Morgan fingerprint density at radius 1 is 1.14 bits per heavy atom. The first kappa shape index (κ1) is 18.8. The van der Waals surface area contributed by atoms with Crippen molar-refractivity contribution in [2.75, 3.05) is 11.9 Å². The molecule has 0 fully saturated rings. The van der Waals surface area contributed by atoms with Crippen LogP contribution in [0.3, 0.4) is 0 Å². The molecule has 1 heterocycles. The second-order valence-corrected chi connectivity index (χ2v) is 5.88. The molecule has 0 atom stereocenters. The third-order valence-corrected chi connectivity index (χ3v) is 3.87. The van der Waals surface area contributed by atoms with Crippen molar-refractivity contribution in [3.63, 3.8) is 0 Å². The van der Waals surface area contributed by atoms with Crippen molar-refractivity contribution in [1.29, 1.82) is 5.26 Å². The zero-order chi connectivity index (χ0) is 19.6. The first-order valence-corrected chi connectivity index (χ1v) is 8.70. The predicted octanol–water partition coefficient (Wildman–Crippen LogP) is 4.33. The Bertz CT molecular complexity index is 996. The third kappa shape index (κ3) is 5.51. The van der Waals surface area contributed by atoms with Crippen molar-refractivity contribution in [2.24, 2.45) is 0 Å². The number of ether oxygens (including phenoxy) is 1. The SMILES string of the molecule is N#CC(=Cc1cccc(CCOC(=O)Nc2ccccc2)c1)c1cnccn1. The summed E-state index contributed by atoms with van der Waals surface area (Å²) >= 11 is 0. The summed E-state index contributed by atoms with van der Waals surface area (Å²) < 4.78 is 5.23. The van der Waals surface area contributed by atoms with Crippen LogP contribution in [0.15, 0.2) is 73.2 Å². The minimum Gasteiger partial charge on any atom is -0.449 e. The summed E-state index contributed by atoms with van der Waals surface area (Å²) in [7, 11) is 0. The standard InChI is InChI=1S/C22H18N4O2/c23-15-19(21-16-24-10-11-25-21)14-18-6-4-5-17(13-18)9-12-28-22(27)26-20-7-2-1-3-8-20/h1-8,10-11,13-14,16H,9,12H2,(H,26,27). The molecule has 0 aliphatic carbocycles. The molecule has 28 heavy (non-hydrogen) atoms. The van der Waals surface area contributed by atoms with Gasteiger partial charge in [0.05, 0.1) is 24.1 Å². The van der Waals surface area contributed by atoms with Crippen LogP contribution in [0, 0.1) is 11.3 Å². The Labute approximate surface area is 163 Å². The Morgan fingerprint density at radius 3 is 2.75 bits per heavy atom. The normalized spacial score (nSPS) is 10.8. The lowest BCUT2D eigenvalue weighted by molar-refractivity contribution is 0.163. The van der Waals surface area contributed by atoms with Gasteiger partial charge in [-0.25, -0.2) is 4.79 Å². The van der Waals surface area contributed by atoms with E-state index in [1.54, 1.807) is 36.8 Å². The van der Waals surface area contributed by atoms with E-state index in [9.17, 15) is 10.1 Å². The average Bonchev–Trinajstić information content (AvgIpc) is 2.74. The summed E-state index contributed by atoms with van der Waals surface area (Å²) in [5.74, 6) is 0. The molecule has 3 rings (SSSR count). The Hall–Kier alpha value is -3.98. The smallest absolute Gasteiger partial charge is 0.411 e. The molecular formula is C22H18N4O2. The first-order chi connectivity index (χ1) is 13.7. The fraction of sp³-hybridized carbons (Fsp3) is 0.0909. The predicted molar refractivity (Wildman–Crippen MR) is 107 cm³/mol. The number of benzene rings is 2. The Balaban J connectivity index is 1.58. The van der Waals surface area contributed by atoms with Crippen LogP contribution in [0.5, 0.6) is 0 Å². The van der Waals surface area contributed by atoms with Crippen LogP contribution in [0.1, 0.15) is 16.8 Å². The number of carbonyl (C=O) groups is 1. The van der Waals surface area contributed by atoms with Gasteiger partial charge >= 0.3 is 6.09 Å². The van der Waals surface area contributed by atoms with E-state index in [-0.39, 0.29) is 6.61 Å². The highest BCUT2D eigenvalue weighted by molar-refractivity contribution is 5.88. The molecular weight excluding hydrogens is 352 g/mol. The summed E-state index contributed by atoms with van der Waals surface area (Å²) in [6, 6.07) is 19.0. The number of nitriles is 1. The molecule has 1 amide bonds. The highest BCUT2D eigenvalue weighted by Gasteiger charge is 2.05. The summed E-state index contributed by atoms with van der Waals surface area (Å²) in [5.41, 5.74) is 3.51. The number of aromatic nitrogens is 2. The maximum absolute atomic E-state index is 11.8. The first-order valence-electron chi connectivity index (χ1n) is 8.70. The van der Waals surface area contributed by atoms with Gasteiger partial charge in [-0.15, -0.1) is 0 Å². The van der Waals surface area contributed by atoms with Gasteiger partial charge < -0.3 is 4.74 Å². The number of hydrogen-bond acceptors (Lipinski definition) is 5. The second-order valence-electron chi connectivity index (χ2n) is 5.88. The van der Waals surface area contributed by atoms with E-state index in [1.807, 2.05) is 42.5 Å². The van der Waals surface area contributed by atoms with Gasteiger partial charge in [0.2, 0.25) is 0 Å². The quantitative estimate of drug-likeness (QED) is 0.653. The molecule has 0 aliphatic rings. The largest absolute Gasteiger partial charge is 0.449 e. The minimum atomic E-state index is -0.489. The maximum atomic E-state index is 11.8. The van der Waals surface area contributed by atoms with Crippen LogP contribution < -0.4 is 5.32 Å². The third-order valence-electron chi connectivity index (χ3n) is 3.87. The van der Waals surface area contributed by atoms with Gasteiger partial charge in [-0.2, -0.15) is 5.26 Å². The van der Waals surface area contributed by atoms with Crippen LogP contribution in [0.2, 0.25) is 0 Å². The molecule has 1 aromatic heterocycles. The second kappa shape index (κ2) is 9.64. The van der Waals surface area contributed by atoms with Crippen molar-refractivity contribution >= 4 is 23.4 Å². The molecule has 0 aliphatic heterocycles. The molecule has 138 valence electrons. The monoisotopic (exact) mass is 370 g/mol. The lowest BCUT2D eigenvalue weighted by Crippen LogP contribution is -2.15. The van der Waals surface area contributed by atoms with Crippen molar-refractivity contribution in [3.8, 4) is 6.07 Å². The molecule has 3 aromatic rings. The van der Waals surface area contributed by atoms with Gasteiger partial charge in [0.1, 0.15) is 6.07 Å². The van der Waals surface area contributed by atoms with Gasteiger partial charge in [-0.05, 0) is 29.3 Å². The van der Waals surface area contributed by atoms with Gasteiger partial charge in [-0.1, -0.05) is 42.5 Å². The zero-order valence-corrected chi connectivity index (χ0v) is 15.1. The van der Waals surface area contributed by atoms with Crippen LogP contribution in [-0.2, 0) is 11.2 Å². The van der Waals surface area contributed by atoms with Crippen LogP contribution in [0.25, 0.3) is 11.6 Å². The summed E-state index contributed by atoms with van der Waals surface area (Å²) in [4.78, 5) is 20.0. The van der Waals surface area contributed by atoms with Crippen molar-refractivity contribution in [2.45, 2.75) is 6.42 Å². The van der Waals surface area contributed by atoms with Gasteiger partial charge in [0.25, 0.3) is 0 Å². The number of nitrogens with one attached hydrogen (secondary N) is 1. The van der Waals surface area contributed by atoms with E-state index >= 15 is 0 Å². The number of hydrogen-bond donors (Lipinski definition) is 1. The number of carbonyl (C=O) groups excluding carboxylic acids is 1. The molecule has 0 unspecified atom stereocenters. The lowest BCUT2D eigenvalue weighted by atomic mass is 10.1. The summed E-state index contributed by atoms with van der Waals surface area (Å²) in [6.45, 7) is 0.251. The van der Waals surface area contributed by atoms with Crippen LogP contribution in [-0.4, -0.2) is 22.7 Å². The molecule has 2 aromatic carbocycles. The summed E-state index contributed by atoms with van der Waals surface area (Å²) in [6.07, 6.45) is 6.50. The van der Waals surface area contributed by atoms with Crippen LogP contribution in [0.4, 0.5) is 10.5 Å². The van der Waals surface area contributed by atoms with E-state index in [2.05, 4.69) is 21.4 Å². The maximum Gasteiger partial charge on any atom is 0.411 e. The minimum absolute atomic E-state index is 0.251. The molecule has 6 nitrogen and oxygen atoms in total. The molecule has 1 N–H and O–H groups in total. The molecule has 0 bridgehead atoms. The zero-order valence-electron chi connectivity index (χ0n) is 15.1. The Morgan fingerprint density at radius 2 is 2.00 bits per heavy atom. The van der Waals surface area contributed by atoms with Gasteiger partial charge in [0, 0.05) is 24.5 Å². The van der Waals surface area contributed by atoms with E-state index in [0.717, 1.165) is 11.1 Å². The molecule has 0 spiro atoms. The molecule has 0 saturated heterocycles. The van der Waals surface area contributed by atoms with E-state index in [1.165, 1.54) is 0 Å². The molecule has 0 radical (unpaired) electrons. The number of nitrogens with zero attached hydrogens (tertiary/aromatic N) is 3. The van der Waals surface area contributed by atoms with E-state index < -0.39 is 6.09 Å². The van der Waals surface area contributed by atoms with Crippen molar-refractivity contribution in [3.05, 3.63) is 90.0 Å².